The maximum atomic E-state index is 12.2. The Morgan fingerprint density at radius 3 is 2.65 bits per heavy atom. The highest BCUT2D eigenvalue weighted by molar-refractivity contribution is 7.91. The molecule has 0 spiro atoms. The number of pyridine rings is 1. The van der Waals surface area contributed by atoms with Crippen LogP contribution in [0.5, 0.6) is 0 Å². The number of urea groups is 1. The summed E-state index contributed by atoms with van der Waals surface area (Å²) in [6.45, 7) is 3.69. The Bertz CT molecular complexity index is 642. The molecule has 0 aliphatic carbocycles. The first-order valence-corrected chi connectivity index (χ1v) is 9.72. The minimum absolute atomic E-state index is 0.0678. The first-order valence-electron chi connectivity index (χ1n) is 7.90. The van der Waals surface area contributed by atoms with Crippen LogP contribution in [0.15, 0.2) is 24.4 Å². The standard InChI is InChI=1S/C15H22N4O3S/c20-15(17-14-4-10-23(21,22)12-14)19-8-6-18(7-9-19)11-13-3-1-2-5-16-13/h1-3,5,14H,4,6-12H2,(H,17,20). The number of piperazine rings is 1. The molecule has 2 fully saturated rings. The largest absolute Gasteiger partial charge is 0.334 e. The molecule has 3 heterocycles. The smallest absolute Gasteiger partial charge is 0.317 e. The summed E-state index contributed by atoms with van der Waals surface area (Å²) in [5.74, 6) is 0.244. The Labute approximate surface area is 136 Å². The van der Waals surface area contributed by atoms with Crippen LogP contribution in [0.4, 0.5) is 4.79 Å². The van der Waals surface area contributed by atoms with E-state index in [9.17, 15) is 13.2 Å². The molecule has 0 saturated carbocycles. The van der Waals surface area contributed by atoms with Crippen molar-refractivity contribution in [3.8, 4) is 0 Å². The molecule has 7 nitrogen and oxygen atoms in total. The van der Waals surface area contributed by atoms with Crippen LogP contribution >= 0.6 is 0 Å². The third-order valence-corrected chi connectivity index (χ3v) is 6.10. The second kappa shape index (κ2) is 6.84. The lowest BCUT2D eigenvalue weighted by Crippen LogP contribution is -2.53. The molecular formula is C15H22N4O3S. The SMILES string of the molecule is O=C(NC1CCS(=O)(=O)C1)N1CCN(Cc2ccccn2)CC1. The number of nitrogens with one attached hydrogen (secondary N) is 1. The van der Waals surface area contributed by atoms with E-state index in [0.717, 1.165) is 25.3 Å². The van der Waals surface area contributed by atoms with Crippen LogP contribution in [0, 0.1) is 0 Å². The molecule has 23 heavy (non-hydrogen) atoms. The molecule has 1 aromatic rings. The molecule has 0 bridgehead atoms. The predicted molar refractivity (Wildman–Crippen MR) is 86.7 cm³/mol. The summed E-state index contributed by atoms with van der Waals surface area (Å²) in [6, 6.07) is 5.49. The van der Waals surface area contributed by atoms with Gasteiger partial charge in [-0.05, 0) is 18.6 Å². The van der Waals surface area contributed by atoms with Crippen molar-refractivity contribution in [3.63, 3.8) is 0 Å². The molecule has 3 rings (SSSR count). The van der Waals surface area contributed by atoms with E-state index in [1.807, 2.05) is 18.2 Å². The minimum Gasteiger partial charge on any atom is -0.334 e. The molecule has 0 radical (unpaired) electrons. The van der Waals surface area contributed by atoms with E-state index in [-0.39, 0.29) is 23.6 Å². The number of carbonyl (C=O) groups excluding carboxylic acids is 1. The third-order valence-electron chi connectivity index (χ3n) is 4.33. The van der Waals surface area contributed by atoms with E-state index in [0.29, 0.717) is 19.5 Å². The van der Waals surface area contributed by atoms with Gasteiger partial charge in [0.2, 0.25) is 0 Å². The zero-order chi connectivity index (χ0) is 16.3. The van der Waals surface area contributed by atoms with Gasteiger partial charge in [0.25, 0.3) is 0 Å². The van der Waals surface area contributed by atoms with Crippen LogP contribution in [0.1, 0.15) is 12.1 Å². The molecule has 1 unspecified atom stereocenters. The summed E-state index contributed by atoms with van der Waals surface area (Å²) in [4.78, 5) is 20.6. The van der Waals surface area contributed by atoms with Crippen LogP contribution in [0.3, 0.4) is 0 Å². The summed E-state index contributed by atoms with van der Waals surface area (Å²) in [5, 5.41) is 2.85. The van der Waals surface area contributed by atoms with Gasteiger partial charge >= 0.3 is 6.03 Å². The average Bonchev–Trinajstić information content (AvgIpc) is 2.88. The summed E-state index contributed by atoms with van der Waals surface area (Å²) in [5.41, 5.74) is 1.03. The van der Waals surface area contributed by atoms with Crippen LogP contribution < -0.4 is 5.32 Å². The van der Waals surface area contributed by atoms with Gasteiger partial charge in [0, 0.05) is 45.0 Å². The lowest BCUT2D eigenvalue weighted by atomic mass is 10.2. The van der Waals surface area contributed by atoms with Crippen LogP contribution in [0.25, 0.3) is 0 Å². The molecule has 2 aliphatic heterocycles. The number of aromatic nitrogens is 1. The Balaban J connectivity index is 1.44. The summed E-state index contributed by atoms with van der Waals surface area (Å²) >= 11 is 0. The quantitative estimate of drug-likeness (QED) is 0.845. The molecule has 1 N–H and O–H groups in total. The third kappa shape index (κ3) is 4.42. The summed E-state index contributed by atoms with van der Waals surface area (Å²) in [7, 11) is -2.96. The predicted octanol–water partition coefficient (Wildman–Crippen LogP) is 0.0959. The van der Waals surface area contributed by atoms with Crippen molar-refractivity contribution in [2.45, 2.75) is 19.0 Å². The Morgan fingerprint density at radius 1 is 1.26 bits per heavy atom. The van der Waals surface area contributed by atoms with E-state index < -0.39 is 9.84 Å². The molecule has 8 heteroatoms. The van der Waals surface area contributed by atoms with E-state index in [1.165, 1.54) is 0 Å². The minimum atomic E-state index is -2.96. The van der Waals surface area contributed by atoms with Crippen molar-refractivity contribution >= 4 is 15.9 Å². The van der Waals surface area contributed by atoms with E-state index in [4.69, 9.17) is 0 Å². The summed E-state index contributed by atoms with van der Waals surface area (Å²) < 4.78 is 22.9. The monoisotopic (exact) mass is 338 g/mol. The van der Waals surface area contributed by atoms with Gasteiger partial charge in [0.05, 0.1) is 17.2 Å². The fourth-order valence-corrected chi connectivity index (χ4v) is 4.68. The molecular weight excluding hydrogens is 316 g/mol. The first kappa shape index (κ1) is 16.2. The first-order chi connectivity index (χ1) is 11.0. The van der Waals surface area contributed by atoms with Crippen molar-refractivity contribution in [1.29, 1.82) is 0 Å². The molecule has 2 aliphatic rings. The number of amides is 2. The number of nitrogens with zero attached hydrogens (tertiary/aromatic N) is 3. The lowest BCUT2D eigenvalue weighted by Gasteiger charge is -2.35. The van der Waals surface area contributed by atoms with Gasteiger partial charge in [-0.1, -0.05) is 6.07 Å². The Hall–Kier alpha value is -1.67. The maximum absolute atomic E-state index is 12.2. The highest BCUT2D eigenvalue weighted by Gasteiger charge is 2.30. The van der Waals surface area contributed by atoms with Crippen molar-refractivity contribution in [2.75, 3.05) is 37.7 Å². The number of hydrogen-bond donors (Lipinski definition) is 1. The second-order valence-electron chi connectivity index (χ2n) is 6.13. The van der Waals surface area contributed by atoms with Gasteiger partial charge in [-0.2, -0.15) is 0 Å². The topological polar surface area (TPSA) is 82.6 Å². The molecule has 0 aromatic carbocycles. The van der Waals surface area contributed by atoms with Crippen LogP contribution in [0.2, 0.25) is 0 Å². The lowest BCUT2D eigenvalue weighted by molar-refractivity contribution is 0.133. The zero-order valence-corrected chi connectivity index (χ0v) is 13.8. The normalized spacial score (nSPS) is 24.5. The van der Waals surface area contributed by atoms with E-state index in [2.05, 4.69) is 15.2 Å². The van der Waals surface area contributed by atoms with E-state index in [1.54, 1.807) is 11.1 Å². The van der Waals surface area contributed by atoms with Gasteiger partial charge in [-0.15, -0.1) is 0 Å². The van der Waals surface area contributed by atoms with Gasteiger partial charge in [0.15, 0.2) is 9.84 Å². The number of carbonyl (C=O) groups is 1. The van der Waals surface area contributed by atoms with Crippen molar-refractivity contribution in [3.05, 3.63) is 30.1 Å². The maximum Gasteiger partial charge on any atom is 0.317 e. The molecule has 1 atom stereocenters. The van der Waals surface area contributed by atoms with Gasteiger partial charge in [0.1, 0.15) is 0 Å². The fourth-order valence-electron chi connectivity index (χ4n) is 3.00. The zero-order valence-electron chi connectivity index (χ0n) is 13.0. The molecule has 126 valence electrons. The highest BCUT2D eigenvalue weighted by Crippen LogP contribution is 2.12. The number of rotatable bonds is 3. The van der Waals surface area contributed by atoms with Crippen molar-refractivity contribution in [1.82, 2.24) is 20.1 Å². The number of hydrogen-bond acceptors (Lipinski definition) is 5. The van der Waals surface area contributed by atoms with Crippen molar-refractivity contribution < 1.29 is 13.2 Å². The molecule has 2 saturated heterocycles. The van der Waals surface area contributed by atoms with Crippen LogP contribution in [-0.4, -0.2) is 73.0 Å². The van der Waals surface area contributed by atoms with Gasteiger partial charge in [-0.25, -0.2) is 13.2 Å². The van der Waals surface area contributed by atoms with Crippen molar-refractivity contribution in [2.24, 2.45) is 0 Å². The molecule has 1 aromatic heterocycles. The highest BCUT2D eigenvalue weighted by atomic mass is 32.2. The van der Waals surface area contributed by atoms with E-state index >= 15 is 0 Å². The average molecular weight is 338 g/mol. The fraction of sp³-hybridized carbons (Fsp3) is 0.600. The molecule has 2 amide bonds. The number of sulfone groups is 1. The Kier molecular flexibility index (Phi) is 4.82. The Morgan fingerprint density at radius 2 is 2.04 bits per heavy atom. The second-order valence-corrected chi connectivity index (χ2v) is 8.36. The van der Waals surface area contributed by atoms with Gasteiger partial charge < -0.3 is 10.2 Å². The van der Waals surface area contributed by atoms with Gasteiger partial charge in [-0.3, -0.25) is 9.88 Å². The van der Waals surface area contributed by atoms with Crippen LogP contribution in [-0.2, 0) is 16.4 Å². The summed E-state index contributed by atoms with van der Waals surface area (Å²) in [6.07, 6.45) is 2.31.